The molecule has 4 heteroatoms. The summed E-state index contributed by atoms with van der Waals surface area (Å²) in [5.41, 5.74) is 0. The van der Waals surface area contributed by atoms with Gasteiger partial charge in [-0.05, 0) is 45.9 Å². The van der Waals surface area contributed by atoms with Crippen LogP contribution in [-0.4, -0.2) is 85.8 Å². The summed E-state index contributed by atoms with van der Waals surface area (Å²) in [6, 6.07) is 0.400. The van der Waals surface area contributed by atoms with E-state index in [-0.39, 0.29) is 0 Å². The summed E-state index contributed by atoms with van der Waals surface area (Å²) in [4.78, 5) is 7.28. The van der Waals surface area contributed by atoms with E-state index in [2.05, 4.69) is 28.8 Å². The van der Waals surface area contributed by atoms with Gasteiger partial charge in [0.1, 0.15) is 0 Å². The first-order valence-electron chi connectivity index (χ1n) is 6.92. The lowest BCUT2D eigenvalue weighted by atomic mass is 9.88. The minimum absolute atomic E-state index is 0.331. The summed E-state index contributed by atoms with van der Waals surface area (Å²) in [6.07, 6.45) is 2.49. The third-order valence-corrected chi connectivity index (χ3v) is 4.50. The van der Waals surface area contributed by atoms with Gasteiger partial charge in [-0.15, -0.1) is 0 Å². The number of rotatable bonds is 3. The Morgan fingerprint density at radius 1 is 0.941 bits per heavy atom. The van der Waals surface area contributed by atoms with Crippen LogP contribution in [0.4, 0.5) is 0 Å². The van der Waals surface area contributed by atoms with E-state index in [1.54, 1.807) is 0 Å². The van der Waals surface area contributed by atoms with Gasteiger partial charge in [-0.2, -0.15) is 0 Å². The molecule has 0 aromatic heterocycles. The molecule has 1 N–H and O–H groups in total. The number of nitrogens with zero attached hydrogens (tertiary/aromatic N) is 3. The summed E-state index contributed by atoms with van der Waals surface area (Å²) in [7, 11) is 4.38. The second-order valence-corrected chi connectivity index (χ2v) is 5.73. The molecule has 2 aliphatic heterocycles. The highest BCUT2D eigenvalue weighted by Crippen LogP contribution is 2.24. The molecule has 2 aliphatic rings. The van der Waals surface area contributed by atoms with E-state index in [1.165, 1.54) is 25.9 Å². The van der Waals surface area contributed by atoms with Gasteiger partial charge in [-0.3, -0.25) is 4.90 Å². The number of likely N-dealkylation sites (tertiary alicyclic amines) is 1. The van der Waals surface area contributed by atoms with Crippen LogP contribution in [0.25, 0.3) is 0 Å². The summed E-state index contributed by atoms with van der Waals surface area (Å²) in [5, 5.41) is 9.69. The van der Waals surface area contributed by atoms with E-state index >= 15 is 0 Å². The quantitative estimate of drug-likeness (QED) is 0.749. The fraction of sp³-hybridized carbons (Fsp3) is 1.00. The van der Waals surface area contributed by atoms with Crippen molar-refractivity contribution in [3.63, 3.8) is 0 Å². The van der Waals surface area contributed by atoms with Gasteiger partial charge >= 0.3 is 0 Å². The zero-order chi connectivity index (χ0) is 12.3. The molecule has 2 rings (SSSR count). The zero-order valence-electron chi connectivity index (χ0n) is 11.3. The molecule has 1 atom stereocenters. The molecule has 0 aromatic rings. The van der Waals surface area contributed by atoms with Crippen molar-refractivity contribution in [2.75, 3.05) is 60.0 Å². The minimum Gasteiger partial charge on any atom is -0.395 e. The lowest BCUT2D eigenvalue weighted by molar-refractivity contribution is 0.0251. The molecule has 0 saturated carbocycles. The minimum atomic E-state index is 0.331. The highest BCUT2D eigenvalue weighted by molar-refractivity contribution is 4.85. The van der Waals surface area contributed by atoms with E-state index in [0.29, 0.717) is 18.6 Å². The first kappa shape index (κ1) is 13.3. The van der Waals surface area contributed by atoms with Crippen molar-refractivity contribution in [3.05, 3.63) is 0 Å². The van der Waals surface area contributed by atoms with Crippen LogP contribution in [0.2, 0.25) is 0 Å². The molecule has 2 heterocycles. The summed E-state index contributed by atoms with van der Waals surface area (Å²) in [5.74, 6) is 0.694. The first-order valence-corrected chi connectivity index (χ1v) is 6.92. The van der Waals surface area contributed by atoms with E-state index < -0.39 is 0 Å². The SMILES string of the molecule is CN1CCC(C(CO)N2CCN(C)CC2)CC1. The van der Waals surface area contributed by atoms with Crippen molar-refractivity contribution in [1.29, 1.82) is 0 Å². The van der Waals surface area contributed by atoms with Gasteiger partial charge in [0.2, 0.25) is 0 Å². The van der Waals surface area contributed by atoms with Crippen LogP contribution >= 0.6 is 0 Å². The first-order chi connectivity index (χ1) is 8.20. The normalized spacial score (nSPS) is 28.4. The Kier molecular flexibility index (Phi) is 4.79. The topological polar surface area (TPSA) is 30.0 Å². The number of piperazine rings is 1. The van der Waals surface area contributed by atoms with Crippen LogP contribution in [0.1, 0.15) is 12.8 Å². The van der Waals surface area contributed by atoms with Crippen molar-refractivity contribution in [2.24, 2.45) is 5.92 Å². The van der Waals surface area contributed by atoms with Crippen molar-refractivity contribution in [3.8, 4) is 0 Å². The van der Waals surface area contributed by atoms with Gasteiger partial charge in [-0.25, -0.2) is 0 Å². The van der Waals surface area contributed by atoms with Gasteiger partial charge < -0.3 is 14.9 Å². The molecular formula is C13H27N3O. The molecule has 0 spiro atoms. The zero-order valence-corrected chi connectivity index (χ0v) is 11.3. The molecule has 0 bridgehead atoms. The van der Waals surface area contributed by atoms with Crippen LogP contribution in [0, 0.1) is 5.92 Å². The van der Waals surface area contributed by atoms with Crippen molar-refractivity contribution in [2.45, 2.75) is 18.9 Å². The molecule has 4 nitrogen and oxygen atoms in total. The van der Waals surface area contributed by atoms with Crippen LogP contribution in [0.3, 0.4) is 0 Å². The molecule has 2 saturated heterocycles. The number of likely N-dealkylation sites (N-methyl/N-ethyl adjacent to an activating group) is 1. The second kappa shape index (κ2) is 6.14. The second-order valence-electron chi connectivity index (χ2n) is 5.73. The molecular weight excluding hydrogens is 214 g/mol. The molecule has 0 aliphatic carbocycles. The number of piperidine rings is 1. The smallest absolute Gasteiger partial charge is 0.0589 e. The number of hydrogen-bond acceptors (Lipinski definition) is 4. The molecule has 0 radical (unpaired) electrons. The molecule has 1 unspecified atom stereocenters. The predicted molar refractivity (Wildman–Crippen MR) is 70.2 cm³/mol. The van der Waals surface area contributed by atoms with Crippen molar-refractivity contribution >= 4 is 0 Å². The number of aliphatic hydroxyl groups is 1. The monoisotopic (exact) mass is 241 g/mol. The molecule has 2 fully saturated rings. The lowest BCUT2D eigenvalue weighted by Crippen LogP contribution is -2.54. The van der Waals surface area contributed by atoms with Gasteiger partial charge in [0, 0.05) is 32.2 Å². The Balaban J connectivity index is 1.87. The summed E-state index contributed by atoms with van der Waals surface area (Å²) in [6.45, 7) is 7.23. The Hall–Kier alpha value is -0.160. The average Bonchev–Trinajstić information content (AvgIpc) is 2.35. The Morgan fingerprint density at radius 3 is 2.00 bits per heavy atom. The number of hydrogen-bond donors (Lipinski definition) is 1. The third kappa shape index (κ3) is 3.41. The molecule has 0 amide bonds. The van der Waals surface area contributed by atoms with Crippen molar-refractivity contribution in [1.82, 2.24) is 14.7 Å². The summed E-state index contributed by atoms with van der Waals surface area (Å²) < 4.78 is 0. The highest BCUT2D eigenvalue weighted by Gasteiger charge is 2.30. The third-order valence-electron chi connectivity index (χ3n) is 4.50. The number of aliphatic hydroxyl groups excluding tert-OH is 1. The van der Waals surface area contributed by atoms with Crippen LogP contribution < -0.4 is 0 Å². The van der Waals surface area contributed by atoms with E-state index in [9.17, 15) is 5.11 Å². The van der Waals surface area contributed by atoms with Gasteiger partial charge in [0.15, 0.2) is 0 Å². The maximum atomic E-state index is 9.69. The van der Waals surface area contributed by atoms with E-state index in [1.807, 2.05) is 0 Å². The molecule has 17 heavy (non-hydrogen) atoms. The molecule has 100 valence electrons. The fourth-order valence-electron chi connectivity index (χ4n) is 3.13. The Labute approximate surface area is 105 Å². The van der Waals surface area contributed by atoms with Crippen LogP contribution in [-0.2, 0) is 0 Å². The highest BCUT2D eigenvalue weighted by atomic mass is 16.3. The predicted octanol–water partition coefficient (Wildman–Crippen LogP) is -0.0635. The van der Waals surface area contributed by atoms with Crippen molar-refractivity contribution < 1.29 is 5.11 Å². The van der Waals surface area contributed by atoms with Gasteiger partial charge in [-0.1, -0.05) is 0 Å². The maximum absolute atomic E-state index is 9.69. The Bertz CT molecular complexity index is 199. The Morgan fingerprint density at radius 2 is 1.47 bits per heavy atom. The van der Waals surface area contributed by atoms with Gasteiger partial charge in [0.05, 0.1) is 6.61 Å². The van der Waals surface area contributed by atoms with Crippen LogP contribution in [0.15, 0.2) is 0 Å². The standard InChI is InChI=1S/C13H27N3O/c1-14-5-3-12(4-6-14)13(11-17)16-9-7-15(2)8-10-16/h12-13,17H,3-11H2,1-2H3. The summed E-state index contributed by atoms with van der Waals surface area (Å²) >= 11 is 0. The van der Waals surface area contributed by atoms with Gasteiger partial charge in [0.25, 0.3) is 0 Å². The fourth-order valence-corrected chi connectivity index (χ4v) is 3.13. The van der Waals surface area contributed by atoms with E-state index in [4.69, 9.17) is 0 Å². The maximum Gasteiger partial charge on any atom is 0.0589 e. The molecule has 0 aromatic carbocycles. The largest absolute Gasteiger partial charge is 0.395 e. The lowest BCUT2D eigenvalue weighted by Gasteiger charge is -2.43. The van der Waals surface area contributed by atoms with Crippen LogP contribution in [0.5, 0.6) is 0 Å². The average molecular weight is 241 g/mol. The van der Waals surface area contributed by atoms with E-state index in [0.717, 1.165) is 26.2 Å².